The van der Waals surface area contributed by atoms with Crippen molar-refractivity contribution in [2.75, 3.05) is 47.2 Å². The summed E-state index contributed by atoms with van der Waals surface area (Å²) in [5, 5.41) is 25.7. The maximum absolute atomic E-state index is 15.4. The van der Waals surface area contributed by atoms with Gasteiger partial charge in [-0.1, -0.05) is 0 Å². The summed E-state index contributed by atoms with van der Waals surface area (Å²) in [7, 11) is 3.07. The minimum absolute atomic E-state index is 0.00594. The molecule has 22 nitrogen and oxygen atoms in total. The molecular weight excluding hydrogens is 973 g/mol. The molecule has 0 radical (unpaired) electrons. The van der Waals surface area contributed by atoms with Crippen molar-refractivity contribution in [3.63, 3.8) is 0 Å². The number of rotatable bonds is 13. The molecule has 12 rings (SSSR count). The van der Waals surface area contributed by atoms with Gasteiger partial charge in [0.05, 0.1) is 68.7 Å². The number of carbonyl (C=O) groups excluding carboxylic acids is 2. The van der Waals surface area contributed by atoms with Gasteiger partial charge in [0.1, 0.15) is 35.1 Å². The Morgan fingerprint density at radius 3 is 1.69 bits per heavy atom. The number of H-pyrrole nitrogens is 2. The average molecular weight is 1020 g/mol. The molecule has 8 aromatic rings. The first-order chi connectivity index (χ1) is 35.6. The molecule has 2 aliphatic carbocycles. The molecule has 2 aliphatic heterocycles. The highest BCUT2D eigenvalue weighted by Gasteiger charge is 2.47. The first-order valence-corrected chi connectivity index (χ1v) is 23.8. The lowest BCUT2D eigenvalue weighted by Crippen LogP contribution is -2.43. The Labute approximate surface area is 416 Å². The molecule has 4 bridgehead atoms. The fourth-order valence-corrected chi connectivity index (χ4v) is 10.9. The van der Waals surface area contributed by atoms with Gasteiger partial charge in [0.25, 0.3) is 0 Å². The maximum Gasteiger partial charge on any atom is 0.326 e. The third-order valence-corrected chi connectivity index (χ3v) is 14.4. The minimum Gasteiger partial charge on any atom is -0.421 e. The van der Waals surface area contributed by atoms with Gasteiger partial charge in [-0.15, -0.1) is 0 Å². The second kappa shape index (κ2) is 18.7. The van der Waals surface area contributed by atoms with Crippen LogP contribution in [0.1, 0.15) is 63.4 Å². The lowest BCUT2D eigenvalue weighted by molar-refractivity contribution is -0.110. The van der Waals surface area contributed by atoms with Gasteiger partial charge >= 0.3 is 12.0 Å². The molecule has 384 valence electrons. The van der Waals surface area contributed by atoms with E-state index < -0.39 is 35.5 Å². The van der Waals surface area contributed by atoms with Gasteiger partial charge < -0.3 is 60.7 Å². The molecule has 0 unspecified atom stereocenters. The van der Waals surface area contributed by atoms with Crippen molar-refractivity contribution in [3.05, 3.63) is 71.8 Å². The Bertz CT molecular complexity index is 3490. The van der Waals surface area contributed by atoms with E-state index in [1.54, 1.807) is 14.0 Å². The molecule has 8 heterocycles. The van der Waals surface area contributed by atoms with Crippen LogP contribution < -0.4 is 40.5 Å². The monoisotopic (exact) mass is 1020 g/mol. The number of ether oxygens (including phenoxy) is 2. The molecule has 4 aliphatic rings. The van der Waals surface area contributed by atoms with E-state index in [1.165, 1.54) is 38.8 Å². The number of aliphatic hydroxyl groups is 2. The second-order valence-corrected chi connectivity index (χ2v) is 19.0. The van der Waals surface area contributed by atoms with Crippen molar-refractivity contribution in [1.29, 1.82) is 0 Å². The van der Waals surface area contributed by atoms with Crippen LogP contribution in [0.15, 0.2) is 36.9 Å². The summed E-state index contributed by atoms with van der Waals surface area (Å²) in [6.07, 6.45) is 8.24. The van der Waals surface area contributed by atoms with Crippen LogP contribution in [-0.4, -0.2) is 124 Å². The SMILES string of the molecule is CNc1cc(F)c(F)c2c1[nH]c1nc(Oc3cnc([C@@H](C)O)nc3)nc(N3C[C@H]4C[C@@H]3C[C@H]4N)c12.C[C@@H](O)c1ncc(Oc2nc(N3C[C@H]4C[C@@H]3C[C@H]4NC=O)c3c(n2)[nH]c2c(N(C)C=O)cc(F)c(F)c23)cn1. The zero-order chi connectivity index (χ0) is 51.9. The van der Waals surface area contributed by atoms with Crippen molar-refractivity contribution >= 4 is 79.7 Å². The molecule has 0 spiro atoms. The summed E-state index contributed by atoms with van der Waals surface area (Å²) in [4.78, 5) is 68.4. The number of anilines is 4. The Morgan fingerprint density at radius 1 is 0.730 bits per heavy atom. The average Bonchev–Trinajstić information content (AvgIpc) is 4.30. The van der Waals surface area contributed by atoms with Crippen molar-refractivity contribution < 1.29 is 46.8 Å². The van der Waals surface area contributed by atoms with E-state index >= 15 is 8.78 Å². The number of nitrogens with two attached hydrogens (primary N) is 1. The molecule has 2 aromatic carbocycles. The van der Waals surface area contributed by atoms with Gasteiger partial charge in [-0.3, -0.25) is 9.59 Å². The third-order valence-electron chi connectivity index (χ3n) is 14.4. The van der Waals surface area contributed by atoms with Crippen LogP contribution in [0.3, 0.4) is 0 Å². The number of aliphatic hydroxyl groups excluding tert-OH is 2. The molecule has 8 N–H and O–H groups in total. The minimum atomic E-state index is -1.12. The number of benzene rings is 2. The summed E-state index contributed by atoms with van der Waals surface area (Å²) in [5.41, 5.74) is 7.85. The zero-order valence-corrected chi connectivity index (χ0v) is 40.0. The summed E-state index contributed by atoms with van der Waals surface area (Å²) < 4.78 is 71.5. The number of piperidine rings is 2. The fourth-order valence-electron chi connectivity index (χ4n) is 10.9. The first kappa shape index (κ1) is 48.2. The number of aromatic nitrogens is 10. The van der Waals surface area contributed by atoms with E-state index in [-0.39, 0.29) is 98.3 Å². The van der Waals surface area contributed by atoms with Gasteiger partial charge in [-0.2, -0.15) is 19.9 Å². The topological polar surface area (TPSA) is 288 Å². The highest BCUT2D eigenvalue weighted by Crippen LogP contribution is 2.47. The number of hydrogen-bond acceptors (Lipinski definition) is 18. The van der Waals surface area contributed by atoms with Gasteiger partial charge in [0, 0.05) is 63.5 Å². The predicted octanol–water partition coefficient (Wildman–Crippen LogP) is 5.32. The van der Waals surface area contributed by atoms with Gasteiger partial charge in [0.15, 0.2) is 46.4 Å². The van der Waals surface area contributed by atoms with Crippen LogP contribution in [0.2, 0.25) is 0 Å². The fraction of sp³-hybridized carbons (Fsp3) is 0.375. The molecule has 26 heteroatoms. The number of nitrogens with zero attached hydrogens (tertiary/aromatic N) is 11. The standard InChI is InChI=1S/C25H24F2N8O4.C23H24F2N8O2/c1-11(38)22-28-6-14(7-29-22)39-25-32-23-19(18-20(27)15(26)5-17(21(18)31-23)34(2)10-37)24(33-25)35-8-12-3-13(35)4-16(12)30-9-36;1-9(34)20-28-6-12(7-29-20)35-23-31-21-17(16-18(25)13(24)5-15(27-2)19(16)30-21)22(32-23)33-8-10-3-11(33)4-14(10)26/h5-7,9-13,16,38H,3-4,8H2,1-2H3,(H,30,36)(H,31,32,33);5-7,9-11,14,27,34H,3-4,8,26H2,1-2H3,(H,30,31,32)/t11-,12-,13-,16-;9-,10-,11-,14-/m11/s1. The third kappa shape index (κ3) is 8.26. The van der Waals surface area contributed by atoms with Crippen LogP contribution in [-0.2, 0) is 9.59 Å². The molecule has 2 saturated carbocycles. The van der Waals surface area contributed by atoms with Crippen molar-refractivity contribution in [2.24, 2.45) is 17.6 Å². The number of nitrogens with one attached hydrogen (secondary N) is 4. The Balaban J connectivity index is 0.000000160. The summed E-state index contributed by atoms with van der Waals surface area (Å²) in [6, 6.07) is 2.23. The van der Waals surface area contributed by atoms with E-state index in [4.69, 9.17) is 15.2 Å². The highest BCUT2D eigenvalue weighted by atomic mass is 19.2. The molecule has 74 heavy (non-hydrogen) atoms. The normalized spacial score (nSPS) is 21.6. The van der Waals surface area contributed by atoms with E-state index in [9.17, 15) is 28.6 Å². The zero-order valence-electron chi connectivity index (χ0n) is 40.0. The smallest absolute Gasteiger partial charge is 0.326 e. The van der Waals surface area contributed by atoms with Crippen molar-refractivity contribution in [1.82, 2.24) is 55.2 Å². The first-order valence-electron chi connectivity index (χ1n) is 23.8. The Hall–Kier alpha value is -8.10. The van der Waals surface area contributed by atoms with Crippen LogP contribution in [0, 0.1) is 35.1 Å². The van der Waals surface area contributed by atoms with Crippen molar-refractivity contribution in [2.45, 2.75) is 75.9 Å². The number of hydrogen-bond donors (Lipinski definition) is 7. The van der Waals surface area contributed by atoms with Crippen LogP contribution >= 0.6 is 0 Å². The predicted molar refractivity (Wildman–Crippen MR) is 261 cm³/mol. The lowest BCUT2D eigenvalue weighted by Gasteiger charge is -2.32. The summed E-state index contributed by atoms with van der Waals surface area (Å²) in [6.45, 7) is 4.28. The summed E-state index contributed by atoms with van der Waals surface area (Å²) in [5.74, 6) is -1.94. The van der Waals surface area contributed by atoms with Crippen LogP contribution in [0.25, 0.3) is 43.9 Å². The lowest BCUT2D eigenvalue weighted by atomic mass is 10.0. The van der Waals surface area contributed by atoms with Gasteiger partial charge in [-0.05, 0) is 51.4 Å². The molecule has 8 atom stereocenters. The molecule has 4 fully saturated rings. The van der Waals surface area contributed by atoms with E-state index in [0.29, 0.717) is 72.1 Å². The number of halogens is 4. The number of aromatic amines is 2. The molecule has 2 amide bonds. The molecule has 2 saturated heterocycles. The number of fused-ring (bicyclic) bond motifs is 10. The largest absolute Gasteiger partial charge is 0.421 e. The van der Waals surface area contributed by atoms with Crippen molar-refractivity contribution in [3.8, 4) is 23.5 Å². The van der Waals surface area contributed by atoms with Crippen LogP contribution in [0.4, 0.5) is 40.6 Å². The summed E-state index contributed by atoms with van der Waals surface area (Å²) >= 11 is 0. The maximum atomic E-state index is 15.4. The quantitative estimate of drug-likeness (QED) is 0.0568. The Morgan fingerprint density at radius 2 is 1.23 bits per heavy atom. The highest BCUT2D eigenvalue weighted by molar-refractivity contribution is 6.16. The number of carbonyl (C=O) groups is 2. The van der Waals surface area contributed by atoms with E-state index in [1.807, 2.05) is 4.90 Å². The van der Waals surface area contributed by atoms with Gasteiger partial charge in [0.2, 0.25) is 12.8 Å². The van der Waals surface area contributed by atoms with Crippen LogP contribution in [0.5, 0.6) is 23.5 Å². The van der Waals surface area contributed by atoms with E-state index in [0.717, 1.165) is 36.3 Å². The molecular formula is C48H48F4N16O6. The van der Waals surface area contributed by atoms with Gasteiger partial charge in [-0.25, -0.2) is 37.5 Å². The molecule has 6 aromatic heterocycles. The van der Waals surface area contributed by atoms with E-state index in [2.05, 4.69) is 65.4 Å². The second-order valence-electron chi connectivity index (χ2n) is 19.0. The number of amides is 2. The Kier molecular flexibility index (Phi) is 12.2.